The monoisotopic (exact) mass is 470 g/mol. The Kier molecular flexibility index (Phi) is 6.04. The number of hydrogen-bond acceptors (Lipinski definition) is 9. The lowest BCUT2D eigenvalue weighted by Gasteiger charge is -2.09. The number of rotatable bonds is 7. The van der Waals surface area contributed by atoms with Crippen LogP contribution >= 0.6 is 23.1 Å². The van der Waals surface area contributed by atoms with E-state index in [-0.39, 0.29) is 24.2 Å². The molecule has 2 heterocycles. The van der Waals surface area contributed by atoms with E-state index >= 15 is 0 Å². The van der Waals surface area contributed by atoms with Gasteiger partial charge in [0.25, 0.3) is 0 Å². The van der Waals surface area contributed by atoms with Crippen LogP contribution < -0.4 is 24.8 Å². The van der Waals surface area contributed by atoms with Crippen LogP contribution in [0.25, 0.3) is 0 Å². The van der Waals surface area contributed by atoms with Crippen LogP contribution in [-0.2, 0) is 4.79 Å². The molecule has 2 N–H and O–H groups in total. The van der Waals surface area contributed by atoms with Gasteiger partial charge in [-0.15, -0.1) is 23.4 Å². The summed E-state index contributed by atoms with van der Waals surface area (Å²) in [4.78, 5) is 12.2. The number of aromatic nitrogens is 2. The number of hydrogen-bond donors (Lipinski definition) is 2. The smallest absolute Gasteiger partial charge is 0.454 e. The molecule has 0 bridgehead atoms. The van der Waals surface area contributed by atoms with E-state index < -0.39 is 6.36 Å². The van der Waals surface area contributed by atoms with Crippen LogP contribution in [0.1, 0.15) is 0 Å². The van der Waals surface area contributed by atoms with Gasteiger partial charge in [0.1, 0.15) is 5.75 Å². The normalized spacial score (nSPS) is 12.5. The standard InChI is InChI=1S/C18H13F3N4O4S2/c19-18(20,21)29-12-4-1-10(2-5-12)23-16-24-25-17(31-16)30-8-15(26)22-11-3-6-13-14(7-11)28-9-27-13/h1-7H,8-9H2,(H,22,26)(H,23,24). The molecule has 0 saturated carbocycles. The zero-order valence-electron chi connectivity index (χ0n) is 15.4. The zero-order chi connectivity index (χ0) is 21.8. The Balaban J connectivity index is 1.26. The average Bonchev–Trinajstić information content (AvgIpc) is 3.35. The van der Waals surface area contributed by atoms with Crippen molar-refractivity contribution in [3.8, 4) is 17.2 Å². The third kappa shape index (κ3) is 5.92. The van der Waals surface area contributed by atoms with Crippen LogP contribution in [0.15, 0.2) is 46.8 Å². The molecule has 1 aromatic heterocycles. The number of nitrogens with one attached hydrogen (secondary N) is 2. The van der Waals surface area contributed by atoms with Crippen molar-refractivity contribution >= 4 is 45.5 Å². The number of halogens is 3. The summed E-state index contributed by atoms with van der Waals surface area (Å²) in [5, 5.41) is 14.1. The number of anilines is 3. The first-order valence-corrected chi connectivity index (χ1v) is 10.4. The van der Waals surface area contributed by atoms with Gasteiger partial charge in [0.05, 0.1) is 5.75 Å². The molecule has 1 aliphatic heterocycles. The Hall–Kier alpha value is -3.19. The molecule has 0 aliphatic carbocycles. The predicted octanol–water partition coefficient (Wildman–Crippen LogP) is 4.64. The van der Waals surface area contributed by atoms with Gasteiger partial charge >= 0.3 is 6.36 Å². The SMILES string of the molecule is O=C(CSc1nnc(Nc2ccc(OC(F)(F)F)cc2)s1)Nc1ccc2c(c1)OCO2. The van der Waals surface area contributed by atoms with E-state index in [1.54, 1.807) is 18.2 Å². The van der Waals surface area contributed by atoms with Crippen LogP contribution in [0.3, 0.4) is 0 Å². The fourth-order valence-corrected chi connectivity index (χ4v) is 4.05. The minimum Gasteiger partial charge on any atom is -0.454 e. The molecule has 3 aromatic rings. The van der Waals surface area contributed by atoms with Gasteiger partial charge < -0.3 is 24.8 Å². The van der Waals surface area contributed by atoms with Gasteiger partial charge in [-0.05, 0) is 36.4 Å². The van der Waals surface area contributed by atoms with E-state index in [9.17, 15) is 18.0 Å². The Labute approximate surface area is 181 Å². The van der Waals surface area contributed by atoms with Crippen molar-refractivity contribution in [2.75, 3.05) is 23.2 Å². The lowest BCUT2D eigenvalue weighted by atomic mass is 10.3. The van der Waals surface area contributed by atoms with Crippen molar-refractivity contribution in [3.63, 3.8) is 0 Å². The maximum absolute atomic E-state index is 12.2. The number of alkyl halides is 3. The number of fused-ring (bicyclic) bond motifs is 1. The molecule has 4 rings (SSSR count). The summed E-state index contributed by atoms with van der Waals surface area (Å²) in [6.07, 6.45) is -4.74. The predicted molar refractivity (Wildman–Crippen MR) is 108 cm³/mol. The number of nitrogens with zero attached hydrogens (tertiary/aromatic N) is 2. The van der Waals surface area contributed by atoms with Gasteiger partial charge in [0, 0.05) is 17.4 Å². The van der Waals surface area contributed by atoms with Crippen LogP contribution in [0.2, 0.25) is 0 Å². The molecule has 0 unspecified atom stereocenters. The molecule has 31 heavy (non-hydrogen) atoms. The number of ether oxygens (including phenoxy) is 3. The van der Waals surface area contributed by atoms with E-state index in [4.69, 9.17) is 9.47 Å². The van der Waals surface area contributed by atoms with E-state index in [1.807, 2.05) is 0 Å². The molecule has 1 amide bonds. The lowest BCUT2D eigenvalue weighted by Crippen LogP contribution is -2.16. The van der Waals surface area contributed by atoms with E-state index in [0.717, 1.165) is 0 Å². The summed E-state index contributed by atoms with van der Waals surface area (Å²) in [6, 6.07) is 10.3. The van der Waals surface area contributed by atoms with Crippen molar-refractivity contribution in [2.45, 2.75) is 10.7 Å². The molecule has 162 valence electrons. The topological polar surface area (TPSA) is 94.6 Å². The van der Waals surface area contributed by atoms with Gasteiger partial charge in [-0.3, -0.25) is 4.79 Å². The molecule has 2 aromatic carbocycles. The highest BCUT2D eigenvalue weighted by atomic mass is 32.2. The van der Waals surface area contributed by atoms with Crippen molar-refractivity contribution in [1.29, 1.82) is 0 Å². The van der Waals surface area contributed by atoms with Crippen LogP contribution in [-0.4, -0.2) is 35.0 Å². The van der Waals surface area contributed by atoms with Crippen molar-refractivity contribution in [1.82, 2.24) is 10.2 Å². The highest BCUT2D eigenvalue weighted by Crippen LogP contribution is 2.34. The summed E-state index contributed by atoms with van der Waals surface area (Å²) in [5.41, 5.74) is 1.11. The van der Waals surface area contributed by atoms with Crippen molar-refractivity contribution in [2.24, 2.45) is 0 Å². The van der Waals surface area contributed by atoms with E-state index in [0.29, 0.717) is 32.3 Å². The molecule has 0 saturated heterocycles. The van der Waals surface area contributed by atoms with Crippen molar-refractivity contribution in [3.05, 3.63) is 42.5 Å². The third-order valence-corrected chi connectivity index (χ3v) is 5.70. The average molecular weight is 470 g/mol. The zero-order valence-corrected chi connectivity index (χ0v) is 17.1. The summed E-state index contributed by atoms with van der Waals surface area (Å²) < 4.78 is 51.5. The van der Waals surface area contributed by atoms with Crippen LogP contribution in [0, 0.1) is 0 Å². The second-order valence-corrected chi connectivity index (χ2v) is 8.18. The third-order valence-electron chi connectivity index (χ3n) is 3.73. The summed E-state index contributed by atoms with van der Waals surface area (Å²) in [6.45, 7) is 0.154. The Bertz CT molecular complexity index is 1080. The molecule has 0 atom stereocenters. The lowest BCUT2D eigenvalue weighted by molar-refractivity contribution is -0.274. The first-order valence-electron chi connectivity index (χ1n) is 8.63. The van der Waals surface area contributed by atoms with Gasteiger partial charge in [-0.2, -0.15) is 0 Å². The molecular formula is C18H13F3N4O4S2. The summed E-state index contributed by atoms with van der Waals surface area (Å²) in [5.74, 6) is 0.771. The molecule has 0 fully saturated rings. The highest BCUT2D eigenvalue weighted by molar-refractivity contribution is 8.01. The van der Waals surface area contributed by atoms with E-state index in [2.05, 4.69) is 25.6 Å². The van der Waals surface area contributed by atoms with Crippen LogP contribution in [0.5, 0.6) is 17.2 Å². The molecule has 8 nitrogen and oxygen atoms in total. The second kappa shape index (κ2) is 8.89. The fraction of sp³-hybridized carbons (Fsp3) is 0.167. The van der Waals surface area contributed by atoms with Gasteiger partial charge in [0.15, 0.2) is 15.8 Å². The largest absolute Gasteiger partial charge is 0.573 e. The molecule has 13 heteroatoms. The van der Waals surface area contributed by atoms with Gasteiger partial charge in [0.2, 0.25) is 17.8 Å². The minimum absolute atomic E-state index is 0.118. The number of benzene rings is 2. The maximum atomic E-state index is 12.2. The number of carbonyl (C=O) groups is 1. The quantitative estimate of drug-likeness (QED) is 0.483. The van der Waals surface area contributed by atoms with Gasteiger partial charge in [-0.1, -0.05) is 23.1 Å². The highest BCUT2D eigenvalue weighted by Gasteiger charge is 2.31. The van der Waals surface area contributed by atoms with Gasteiger partial charge in [-0.25, -0.2) is 0 Å². The number of carbonyl (C=O) groups excluding carboxylic acids is 1. The first kappa shape index (κ1) is 21.1. The molecule has 0 radical (unpaired) electrons. The summed E-state index contributed by atoms with van der Waals surface area (Å²) in [7, 11) is 0. The fourth-order valence-electron chi connectivity index (χ4n) is 2.48. The maximum Gasteiger partial charge on any atom is 0.573 e. The number of amides is 1. The van der Waals surface area contributed by atoms with Crippen molar-refractivity contribution < 1.29 is 32.2 Å². The Morgan fingerprint density at radius 3 is 2.61 bits per heavy atom. The molecular weight excluding hydrogens is 457 g/mol. The molecule has 0 spiro atoms. The summed E-state index contributed by atoms with van der Waals surface area (Å²) >= 11 is 2.41. The number of thioether (sulfide) groups is 1. The Morgan fingerprint density at radius 1 is 1.10 bits per heavy atom. The van der Waals surface area contributed by atoms with E-state index in [1.165, 1.54) is 47.4 Å². The first-order chi connectivity index (χ1) is 14.8. The molecule has 1 aliphatic rings. The van der Waals surface area contributed by atoms with Crippen LogP contribution in [0.4, 0.5) is 29.7 Å². The Morgan fingerprint density at radius 2 is 1.84 bits per heavy atom. The second-order valence-electron chi connectivity index (χ2n) is 5.98. The minimum atomic E-state index is -4.74.